The molecule has 94 valence electrons. The van der Waals surface area contributed by atoms with Crippen LogP contribution in [0.2, 0.25) is 0 Å². The fraction of sp³-hybridized carbons (Fsp3) is 0.364. The average molecular weight is 246 g/mol. The number of H-pyrrole nitrogens is 1. The number of aromatic nitrogens is 3. The lowest BCUT2D eigenvalue weighted by molar-refractivity contribution is 0.262. The molecule has 1 aliphatic heterocycles. The average Bonchev–Trinajstić information content (AvgIpc) is 2.74. The van der Waals surface area contributed by atoms with E-state index >= 15 is 0 Å². The highest BCUT2D eigenvalue weighted by atomic mass is 16.2. The van der Waals surface area contributed by atoms with Crippen LogP contribution in [-0.4, -0.2) is 47.0 Å². The molecule has 3 rings (SSSR count). The van der Waals surface area contributed by atoms with Crippen LogP contribution < -0.4 is 10.6 Å². The lowest BCUT2D eigenvalue weighted by Gasteiger charge is -2.22. The van der Waals surface area contributed by atoms with Crippen molar-refractivity contribution in [3.63, 3.8) is 0 Å². The van der Waals surface area contributed by atoms with E-state index in [4.69, 9.17) is 0 Å². The van der Waals surface area contributed by atoms with Crippen molar-refractivity contribution in [3.8, 4) is 0 Å². The van der Waals surface area contributed by atoms with Gasteiger partial charge in [-0.25, -0.2) is 4.79 Å². The van der Waals surface area contributed by atoms with Crippen molar-refractivity contribution in [1.29, 1.82) is 0 Å². The van der Waals surface area contributed by atoms with E-state index in [-0.39, 0.29) is 6.03 Å². The van der Waals surface area contributed by atoms with Crippen molar-refractivity contribution in [2.24, 2.45) is 0 Å². The minimum Gasteiger partial charge on any atom is -0.309 e. The van der Waals surface area contributed by atoms with Crippen LogP contribution in [0.5, 0.6) is 0 Å². The Morgan fingerprint density at radius 1 is 1.33 bits per heavy atom. The Balaban J connectivity index is 2.11. The first-order chi connectivity index (χ1) is 8.65. The predicted octanol–water partition coefficient (Wildman–Crippen LogP) is 1.02. The third-order valence-corrected chi connectivity index (χ3v) is 3.02. The van der Waals surface area contributed by atoms with E-state index in [1.165, 1.54) is 0 Å². The summed E-state index contributed by atoms with van der Waals surface area (Å²) in [6.45, 7) is 0.904. The predicted molar refractivity (Wildman–Crippen MR) is 68.8 cm³/mol. The van der Waals surface area contributed by atoms with Crippen LogP contribution in [0.3, 0.4) is 0 Å². The number of likely N-dealkylation sites (N-methyl/N-ethyl adjacent to an activating group) is 1. The van der Waals surface area contributed by atoms with Crippen LogP contribution in [0.25, 0.3) is 11.0 Å². The highest BCUT2D eigenvalue weighted by molar-refractivity contribution is 6.12. The monoisotopic (exact) mass is 246 g/mol. The lowest BCUT2D eigenvalue weighted by atomic mass is 10.0. The molecule has 1 aliphatic rings. The maximum Gasteiger partial charge on any atom is 0.323 e. The van der Waals surface area contributed by atoms with E-state index in [0.717, 1.165) is 35.4 Å². The maximum atomic E-state index is 11.5. The third kappa shape index (κ3) is 1.68. The van der Waals surface area contributed by atoms with E-state index in [2.05, 4.69) is 30.9 Å². The molecule has 0 unspecified atom stereocenters. The first kappa shape index (κ1) is 11.0. The van der Waals surface area contributed by atoms with Crippen LogP contribution in [0, 0.1) is 0 Å². The zero-order valence-electron chi connectivity index (χ0n) is 10.2. The van der Waals surface area contributed by atoms with Gasteiger partial charge in [0, 0.05) is 17.8 Å². The molecule has 7 nitrogen and oxygen atoms in total. The van der Waals surface area contributed by atoms with Crippen molar-refractivity contribution >= 4 is 28.4 Å². The van der Waals surface area contributed by atoms with Crippen molar-refractivity contribution in [3.05, 3.63) is 11.6 Å². The molecule has 1 aromatic heterocycles. The van der Waals surface area contributed by atoms with E-state index in [1.54, 1.807) is 0 Å². The Hall–Kier alpha value is -2.15. The van der Waals surface area contributed by atoms with Gasteiger partial charge in [0.05, 0.1) is 11.2 Å². The zero-order chi connectivity index (χ0) is 12.7. The number of benzene rings is 1. The molecule has 0 atom stereocenters. The van der Waals surface area contributed by atoms with Gasteiger partial charge in [0.25, 0.3) is 0 Å². The van der Waals surface area contributed by atoms with Gasteiger partial charge < -0.3 is 15.5 Å². The number of hydrogen-bond donors (Lipinski definition) is 3. The number of nitrogens with zero attached hydrogens (tertiary/aromatic N) is 3. The first-order valence-corrected chi connectivity index (χ1v) is 5.74. The first-order valence-electron chi connectivity index (χ1n) is 5.74. The van der Waals surface area contributed by atoms with E-state index in [9.17, 15) is 4.79 Å². The molecule has 2 heterocycles. The number of aromatic amines is 1. The van der Waals surface area contributed by atoms with E-state index < -0.39 is 0 Å². The fourth-order valence-electron chi connectivity index (χ4n) is 2.14. The maximum absolute atomic E-state index is 11.5. The molecule has 18 heavy (non-hydrogen) atoms. The molecule has 2 amide bonds. The summed E-state index contributed by atoms with van der Waals surface area (Å²) >= 11 is 0. The molecule has 0 saturated heterocycles. The van der Waals surface area contributed by atoms with Crippen LogP contribution in [0.4, 0.5) is 16.2 Å². The van der Waals surface area contributed by atoms with Gasteiger partial charge in [-0.3, -0.25) is 5.10 Å². The number of urea groups is 1. The third-order valence-electron chi connectivity index (χ3n) is 3.02. The minimum absolute atomic E-state index is 0.224. The van der Waals surface area contributed by atoms with Gasteiger partial charge >= 0.3 is 6.03 Å². The normalized spacial score (nSPS) is 13.8. The number of carbonyl (C=O) groups excluding carboxylic acids is 1. The van der Waals surface area contributed by atoms with Crippen molar-refractivity contribution in [2.75, 3.05) is 31.3 Å². The molecule has 1 aromatic carbocycles. The zero-order valence-corrected chi connectivity index (χ0v) is 10.2. The standard InChI is InChI=1S/C11H14N6O/c1-17(2)4-3-6-7-5-8-10(15-16-14-8)9(6)13-11(18)12-7/h5H,3-4H2,1-2H3,(H2,12,13,18)(H,14,15,16). The summed E-state index contributed by atoms with van der Waals surface area (Å²) in [5.74, 6) is 0. The van der Waals surface area contributed by atoms with Gasteiger partial charge in [-0.2, -0.15) is 0 Å². The molecule has 3 N–H and O–H groups in total. The molecule has 0 fully saturated rings. The number of carbonyl (C=O) groups is 1. The molecule has 0 aliphatic carbocycles. The summed E-state index contributed by atoms with van der Waals surface area (Å²) in [6.07, 6.45) is 0.841. The number of anilines is 2. The van der Waals surface area contributed by atoms with Crippen molar-refractivity contribution < 1.29 is 4.79 Å². The van der Waals surface area contributed by atoms with E-state index in [0.29, 0.717) is 5.52 Å². The molecule has 0 radical (unpaired) electrons. The molecular weight excluding hydrogens is 232 g/mol. The topological polar surface area (TPSA) is 85.9 Å². The van der Waals surface area contributed by atoms with E-state index in [1.807, 2.05) is 20.2 Å². The van der Waals surface area contributed by atoms with Gasteiger partial charge in [-0.1, -0.05) is 5.21 Å². The molecule has 7 heteroatoms. The largest absolute Gasteiger partial charge is 0.323 e. The van der Waals surface area contributed by atoms with Crippen LogP contribution in [-0.2, 0) is 6.42 Å². The molecule has 0 spiro atoms. The Labute approximate surface area is 104 Å². The Morgan fingerprint density at radius 3 is 2.94 bits per heavy atom. The Kier molecular flexibility index (Phi) is 2.41. The second-order valence-corrected chi connectivity index (χ2v) is 4.62. The summed E-state index contributed by atoms with van der Waals surface area (Å²) in [4.78, 5) is 13.6. The fourth-order valence-corrected chi connectivity index (χ4v) is 2.14. The van der Waals surface area contributed by atoms with Gasteiger partial charge in [-0.15, -0.1) is 5.10 Å². The minimum atomic E-state index is -0.224. The quantitative estimate of drug-likeness (QED) is 0.754. The van der Waals surface area contributed by atoms with Gasteiger partial charge in [0.2, 0.25) is 0 Å². The second kappa shape index (κ2) is 3.95. The van der Waals surface area contributed by atoms with Crippen molar-refractivity contribution in [1.82, 2.24) is 20.3 Å². The second-order valence-electron chi connectivity index (χ2n) is 4.62. The highest BCUT2D eigenvalue weighted by Crippen LogP contribution is 2.35. The summed E-state index contributed by atoms with van der Waals surface area (Å²) in [5.41, 5.74) is 4.20. The molecule has 0 saturated carbocycles. The number of fused-ring (bicyclic) bond motifs is 4. The SMILES string of the molecule is CN(C)CCc1c2cc3[nH]nnc3c1NC(=O)N2. The van der Waals surface area contributed by atoms with Gasteiger partial charge in [0.1, 0.15) is 5.52 Å². The van der Waals surface area contributed by atoms with Gasteiger partial charge in [-0.05, 0) is 26.6 Å². The molecule has 2 aromatic rings. The van der Waals surface area contributed by atoms with Crippen LogP contribution in [0.15, 0.2) is 6.07 Å². The highest BCUT2D eigenvalue weighted by Gasteiger charge is 2.23. The van der Waals surface area contributed by atoms with Crippen LogP contribution in [0.1, 0.15) is 5.56 Å². The summed E-state index contributed by atoms with van der Waals surface area (Å²) in [5, 5.41) is 16.2. The van der Waals surface area contributed by atoms with Gasteiger partial charge in [0.15, 0.2) is 0 Å². The number of nitrogens with one attached hydrogen (secondary N) is 3. The molecular formula is C11H14N6O. The molecule has 2 bridgehead atoms. The lowest BCUT2D eigenvalue weighted by Crippen LogP contribution is -2.27. The number of hydrogen-bond acceptors (Lipinski definition) is 4. The summed E-state index contributed by atoms with van der Waals surface area (Å²) < 4.78 is 0. The Morgan fingerprint density at radius 2 is 2.17 bits per heavy atom. The summed E-state index contributed by atoms with van der Waals surface area (Å²) in [6, 6.07) is 1.65. The number of rotatable bonds is 3. The van der Waals surface area contributed by atoms with Crippen molar-refractivity contribution in [2.45, 2.75) is 6.42 Å². The Bertz CT molecular complexity index is 617. The smallest absolute Gasteiger partial charge is 0.309 e. The van der Waals surface area contributed by atoms with Crippen LogP contribution >= 0.6 is 0 Å². The summed E-state index contributed by atoms with van der Waals surface area (Å²) in [7, 11) is 4.04. The number of amides is 2.